The van der Waals surface area contributed by atoms with E-state index in [1.807, 2.05) is 29.2 Å². The van der Waals surface area contributed by atoms with Crippen LogP contribution in [0.25, 0.3) is 0 Å². The van der Waals surface area contributed by atoms with Crippen molar-refractivity contribution in [3.05, 3.63) is 24.3 Å². The molecule has 3 nitrogen and oxygen atoms in total. The lowest BCUT2D eigenvalue weighted by molar-refractivity contribution is -0.179. The molecule has 2 N–H and O–H groups in total. The topological polar surface area (TPSA) is 35.5 Å². The zero-order valence-electron chi connectivity index (χ0n) is 13.7. The Morgan fingerprint density at radius 1 is 0.958 bits per heavy atom. The van der Waals surface area contributed by atoms with Crippen molar-refractivity contribution < 1.29 is 18.3 Å². The van der Waals surface area contributed by atoms with Gasteiger partial charge in [0.15, 0.2) is 0 Å². The van der Waals surface area contributed by atoms with Crippen molar-refractivity contribution in [3.8, 4) is 0 Å². The van der Waals surface area contributed by atoms with E-state index >= 15 is 0 Å². The number of aliphatic hydroxyl groups is 1. The summed E-state index contributed by atoms with van der Waals surface area (Å²) in [6, 6.07) is 7.89. The maximum Gasteiger partial charge on any atom is 0.391 e. The van der Waals surface area contributed by atoms with Crippen LogP contribution in [0.3, 0.4) is 0 Å². The summed E-state index contributed by atoms with van der Waals surface area (Å²) in [5.74, 6) is -1.16. The number of nitrogens with zero attached hydrogens (tertiary/aromatic N) is 1. The first-order valence-electron chi connectivity index (χ1n) is 8.80. The monoisotopic (exact) mass is 342 g/mol. The molecule has 2 atom stereocenters. The highest BCUT2D eigenvalue weighted by Crippen LogP contribution is 2.35. The molecule has 2 unspecified atom stereocenters. The van der Waals surface area contributed by atoms with Crippen LogP contribution in [0.2, 0.25) is 0 Å². The molecular formula is C18H25F3N2O. The molecule has 24 heavy (non-hydrogen) atoms. The Labute approximate surface area is 140 Å². The van der Waals surface area contributed by atoms with E-state index in [0.29, 0.717) is 13.1 Å². The molecule has 1 heterocycles. The summed E-state index contributed by atoms with van der Waals surface area (Å²) in [5, 5.41) is 13.4. The Morgan fingerprint density at radius 3 is 2.17 bits per heavy atom. The van der Waals surface area contributed by atoms with Gasteiger partial charge in [-0.2, -0.15) is 13.2 Å². The highest BCUT2D eigenvalue weighted by atomic mass is 19.4. The van der Waals surface area contributed by atoms with Crippen LogP contribution in [0.4, 0.5) is 24.5 Å². The fourth-order valence-corrected chi connectivity index (χ4v) is 3.73. The van der Waals surface area contributed by atoms with E-state index in [2.05, 4.69) is 5.32 Å². The first-order valence-corrected chi connectivity index (χ1v) is 8.80. The maximum absolute atomic E-state index is 12.7. The quantitative estimate of drug-likeness (QED) is 0.865. The lowest BCUT2D eigenvalue weighted by Crippen LogP contribution is -2.39. The molecule has 2 aliphatic rings. The van der Waals surface area contributed by atoms with E-state index in [4.69, 9.17) is 0 Å². The molecule has 134 valence electrons. The Morgan fingerprint density at radius 2 is 1.58 bits per heavy atom. The molecule has 2 fully saturated rings. The summed E-state index contributed by atoms with van der Waals surface area (Å²) in [7, 11) is 0. The largest absolute Gasteiger partial charge is 0.391 e. The number of halogens is 3. The zero-order chi connectivity index (χ0) is 17.2. The van der Waals surface area contributed by atoms with Gasteiger partial charge in [0.1, 0.15) is 0 Å². The number of anilines is 2. The first-order chi connectivity index (χ1) is 11.4. The van der Waals surface area contributed by atoms with Crippen LogP contribution < -0.4 is 10.2 Å². The van der Waals surface area contributed by atoms with E-state index in [0.717, 1.165) is 37.1 Å². The van der Waals surface area contributed by atoms with Gasteiger partial charge in [-0.05, 0) is 49.9 Å². The minimum absolute atomic E-state index is 0.0899. The van der Waals surface area contributed by atoms with Crippen LogP contribution in [0, 0.1) is 5.92 Å². The molecule has 0 bridgehead atoms. The van der Waals surface area contributed by atoms with E-state index < -0.39 is 12.1 Å². The third-order valence-electron chi connectivity index (χ3n) is 5.27. The molecule has 3 rings (SSSR count). The number of piperidine rings is 1. The smallest absolute Gasteiger partial charge is 0.391 e. The number of aliphatic hydroxyl groups excluding tert-OH is 1. The molecule has 1 aromatic rings. The van der Waals surface area contributed by atoms with Gasteiger partial charge >= 0.3 is 6.18 Å². The molecule has 0 amide bonds. The predicted molar refractivity (Wildman–Crippen MR) is 89.3 cm³/mol. The zero-order valence-corrected chi connectivity index (χ0v) is 13.7. The lowest BCUT2D eigenvalue weighted by Gasteiger charge is -2.34. The van der Waals surface area contributed by atoms with Gasteiger partial charge in [0.2, 0.25) is 0 Å². The normalized spacial score (nSPS) is 26.4. The van der Waals surface area contributed by atoms with Crippen molar-refractivity contribution in [2.24, 2.45) is 5.92 Å². The Balaban J connectivity index is 1.55. The molecule has 6 heteroatoms. The molecule has 0 spiro atoms. The van der Waals surface area contributed by atoms with E-state index in [-0.39, 0.29) is 25.0 Å². The van der Waals surface area contributed by atoms with Crippen LogP contribution in [0.1, 0.15) is 38.5 Å². The van der Waals surface area contributed by atoms with E-state index in [9.17, 15) is 18.3 Å². The van der Waals surface area contributed by atoms with E-state index in [1.54, 1.807) is 0 Å². The van der Waals surface area contributed by atoms with Gasteiger partial charge in [-0.3, -0.25) is 0 Å². The highest BCUT2D eigenvalue weighted by molar-refractivity contribution is 5.55. The minimum Gasteiger partial charge on any atom is -0.391 e. The van der Waals surface area contributed by atoms with Crippen LogP contribution >= 0.6 is 0 Å². The molecule has 1 aliphatic carbocycles. The molecule has 1 aliphatic heterocycles. The van der Waals surface area contributed by atoms with Gasteiger partial charge in [0.25, 0.3) is 0 Å². The first kappa shape index (κ1) is 17.4. The number of hydrogen-bond donors (Lipinski definition) is 2. The third kappa shape index (κ3) is 4.15. The summed E-state index contributed by atoms with van der Waals surface area (Å²) in [4.78, 5) is 2.02. The second-order valence-corrected chi connectivity index (χ2v) is 6.95. The minimum atomic E-state index is -4.07. The molecule has 0 radical (unpaired) electrons. The van der Waals surface area contributed by atoms with Crippen molar-refractivity contribution in [1.82, 2.24) is 0 Å². The van der Waals surface area contributed by atoms with Crippen molar-refractivity contribution in [2.75, 3.05) is 23.3 Å². The fraction of sp³-hybridized carbons (Fsp3) is 0.667. The number of rotatable bonds is 3. The van der Waals surface area contributed by atoms with Gasteiger partial charge in [-0.15, -0.1) is 0 Å². The average Bonchev–Trinajstić information content (AvgIpc) is 2.57. The number of hydrogen-bond acceptors (Lipinski definition) is 3. The summed E-state index contributed by atoms with van der Waals surface area (Å²) >= 11 is 0. The van der Waals surface area contributed by atoms with Crippen LogP contribution in [0.15, 0.2) is 24.3 Å². The Hall–Kier alpha value is -1.43. The van der Waals surface area contributed by atoms with Gasteiger partial charge in [-0.25, -0.2) is 0 Å². The van der Waals surface area contributed by atoms with Gasteiger partial charge in [0.05, 0.1) is 18.1 Å². The Bertz CT molecular complexity index is 524. The summed E-state index contributed by atoms with van der Waals surface area (Å²) in [5.41, 5.74) is 1.92. The second-order valence-electron chi connectivity index (χ2n) is 6.95. The average molecular weight is 342 g/mol. The third-order valence-corrected chi connectivity index (χ3v) is 5.27. The lowest BCUT2D eigenvalue weighted by atomic mass is 9.92. The SMILES string of the molecule is OC1CCCCC1Nc1ccc(N2CCC(C(F)(F)F)CC2)cc1. The van der Waals surface area contributed by atoms with Crippen LogP contribution in [-0.4, -0.2) is 36.5 Å². The van der Waals surface area contributed by atoms with Crippen molar-refractivity contribution in [3.63, 3.8) is 0 Å². The van der Waals surface area contributed by atoms with Crippen LogP contribution in [0.5, 0.6) is 0 Å². The standard InChI is InChI=1S/C18H25F3N2O/c19-18(20,21)13-9-11-23(12-10-13)15-7-5-14(6-8-15)22-16-3-1-2-4-17(16)24/h5-8,13,16-17,22,24H,1-4,9-12H2. The molecular weight excluding hydrogens is 317 g/mol. The van der Waals surface area contributed by atoms with Crippen molar-refractivity contribution in [2.45, 2.75) is 56.8 Å². The summed E-state index contributed by atoms with van der Waals surface area (Å²) in [6.07, 6.45) is -0.0407. The number of benzene rings is 1. The van der Waals surface area contributed by atoms with Crippen LogP contribution in [-0.2, 0) is 0 Å². The van der Waals surface area contributed by atoms with Crippen molar-refractivity contribution in [1.29, 1.82) is 0 Å². The number of alkyl halides is 3. The molecule has 1 saturated carbocycles. The van der Waals surface area contributed by atoms with Gasteiger partial charge in [-0.1, -0.05) is 12.8 Å². The summed E-state index contributed by atoms with van der Waals surface area (Å²) in [6.45, 7) is 0.885. The molecule has 1 aromatic carbocycles. The molecule has 1 saturated heterocycles. The van der Waals surface area contributed by atoms with Crippen molar-refractivity contribution >= 4 is 11.4 Å². The predicted octanol–water partition coefficient (Wildman–Crippen LogP) is 4.18. The van der Waals surface area contributed by atoms with Gasteiger partial charge in [0, 0.05) is 24.5 Å². The number of nitrogens with one attached hydrogen (secondary N) is 1. The maximum atomic E-state index is 12.7. The fourth-order valence-electron chi connectivity index (χ4n) is 3.73. The van der Waals surface area contributed by atoms with E-state index in [1.165, 1.54) is 0 Å². The second kappa shape index (κ2) is 7.21. The van der Waals surface area contributed by atoms with Gasteiger partial charge < -0.3 is 15.3 Å². The molecule has 0 aromatic heterocycles. The summed E-state index contributed by atoms with van der Waals surface area (Å²) < 4.78 is 38.2. The highest BCUT2D eigenvalue weighted by Gasteiger charge is 2.41. The Kier molecular flexibility index (Phi) is 5.23.